The van der Waals surface area contributed by atoms with E-state index >= 15 is 0 Å². The number of hydrogen-bond acceptors (Lipinski definition) is 6. The number of amides is 3. The highest BCUT2D eigenvalue weighted by atomic mass is 35.5. The zero-order chi connectivity index (χ0) is 27.9. The molecule has 0 radical (unpaired) electrons. The normalized spacial score (nSPS) is 16.9. The fourth-order valence-corrected chi connectivity index (χ4v) is 5.82. The molecule has 0 aliphatic carbocycles. The van der Waals surface area contributed by atoms with Crippen molar-refractivity contribution in [1.82, 2.24) is 9.80 Å². The highest BCUT2D eigenvalue weighted by Gasteiger charge is 2.37. The Morgan fingerprint density at radius 1 is 1.08 bits per heavy atom. The first-order valence-corrected chi connectivity index (χ1v) is 14.3. The Labute approximate surface area is 242 Å². The van der Waals surface area contributed by atoms with Crippen LogP contribution in [0.3, 0.4) is 0 Å². The second kappa shape index (κ2) is 13.4. The number of imide groups is 1. The summed E-state index contributed by atoms with van der Waals surface area (Å²) in [7, 11) is 1.53. The fraction of sp³-hybridized carbons (Fsp3) is 0.345. The molecule has 2 aliphatic rings. The summed E-state index contributed by atoms with van der Waals surface area (Å²) < 4.78 is 11.7. The van der Waals surface area contributed by atoms with Gasteiger partial charge in [-0.05, 0) is 66.9 Å². The maximum absolute atomic E-state index is 13.1. The van der Waals surface area contributed by atoms with E-state index in [1.807, 2.05) is 6.07 Å². The van der Waals surface area contributed by atoms with Gasteiger partial charge in [0.25, 0.3) is 11.1 Å². The molecule has 2 heterocycles. The summed E-state index contributed by atoms with van der Waals surface area (Å²) in [4.78, 5) is 41.6. The smallest absolute Gasteiger partial charge is 0.294 e. The Bertz CT molecular complexity index is 1300. The summed E-state index contributed by atoms with van der Waals surface area (Å²) in [6.07, 6.45) is 7.91. The number of hydrogen-bond donors (Lipinski definition) is 0. The van der Waals surface area contributed by atoms with Gasteiger partial charge in [0.15, 0.2) is 11.5 Å². The lowest BCUT2D eigenvalue weighted by Crippen LogP contribution is -2.42. The number of thioether (sulfide) groups is 1. The highest BCUT2D eigenvalue weighted by molar-refractivity contribution is 8.18. The van der Waals surface area contributed by atoms with Gasteiger partial charge in [0, 0.05) is 34.3 Å². The lowest BCUT2D eigenvalue weighted by atomic mass is 10.0. The van der Waals surface area contributed by atoms with Crippen LogP contribution in [0, 0.1) is 0 Å². The van der Waals surface area contributed by atoms with Crippen molar-refractivity contribution >= 4 is 58.1 Å². The standard InChI is InChI=1S/C29H30Cl2N2O5S/c1-3-8-20-13-19(14-24(37-2)27(20)38-18-21-9-10-22(30)16-23(21)31)15-25-28(35)33(29(36)39-25)17-26(34)32-11-6-4-5-7-12-32/h3,9-10,13-16H,1,4-8,11-12,17-18H2,2H3. The molecule has 0 aromatic heterocycles. The van der Waals surface area contributed by atoms with Crippen LogP contribution in [-0.2, 0) is 22.6 Å². The molecule has 2 aromatic carbocycles. The molecule has 0 N–H and O–H groups in total. The monoisotopic (exact) mass is 588 g/mol. The van der Waals surface area contributed by atoms with E-state index in [1.54, 1.807) is 41.3 Å². The van der Waals surface area contributed by atoms with E-state index in [0.717, 1.165) is 53.5 Å². The second-order valence-electron chi connectivity index (χ2n) is 9.29. The van der Waals surface area contributed by atoms with Crippen LogP contribution < -0.4 is 9.47 Å². The lowest BCUT2D eigenvalue weighted by molar-refractivity contribution is -0.135. The van der Waals surface area contributed by atoms with E-state index in [9.17, 15) is 14.4 Å². The van der Waals surface area contributed by atoms with Crippen molar-refractivity contribution in [3.8, 4) is 11.5 Å². The summed E-state index contributed by atoms with van der Waals surface area (Å²) in [6, 6.07) is 8.79. The van der Waals surface area contributed by atoms with Gasteiger partial charge in [0.2, 0.25) is 5.91 Å². The molecule has 0 atom stereocenters. The topological polar surface area (TPSA) is 76.2 Å². The maximum Gasteiger partial charge on any atom is 0.294 e. The van der Waals surface area contributed by atoms with Crippen molar-refractivity contribution in [1.29, 1.82) is 0 Å². The van der Waals surface area contributed by atoms with Crippen molar-refractivity contribution in [2.45, 2.75) is 38.7 Å². The molecule has 10 heteroatoms. The Morgan fingerprint density at radius 3 is 2.49 bits per heavy atom. The second-order valence-corrected chi connectivity index (χ2v) is 11.1. The predicted octanol–water partition coefficient (Wildman–Crippen LogP) is 6.75. The van der Waals surface area contributed by atoms with Gasteiger partial charge in [-0.2, -0.15) is 0 Å². The maximum atomic E-state index is 13.1. The molecular weight excluding hydrogens is 559 g/mol. The van der Waals surface area contributed by atoms with Gasteiger partial charge in [-0.3, -0.25) is 19.3 Å². The zero-order valence-electron chi connectivity index (χ0n) is 21.7. The first kappa shape index (κ1) is 29.1. The van der Waals surface area contributed by atoms with Crippen LogP contribution in [0.25, 0.3) is 6.08 Å². The van der Waals surface area contributed by atoms with Gasteiger partial charge in [0.1, 0.15) is 13.2 Å². The van der Waals surface area contributed by atoms with Crippen LogP contribution in [0.2, 0.25) is 10.0 Å². The number of ether oxygens (including phenoxy) is 2. The molecule has 2 aliphatic heterocycles. The van der Waals surface area contributed by atoms with Crippen LogP contribution >= 0.6 is 35.0 Å². The number of carbonyl (C=O) groups excluding carboxylic acids is 3. The summed E-state index contributed by atoms with van der Waals surface area (Å²) in [6.45, 7) is 5.11. The molecule has 2 saturated heterocycles. The van der Waals surface area contributed by atoms with Crippen LogP contribution in [0.1, 0.15) is 42.4 Å². The van der Waals surface area contributed by atoms with E-state index in [0.29, 0.717) is 46.6 Å². The molecular formula is C29H30Cl2N2O5S. The van der Waals surface area contributed by atoms with Crippen LogP contribution in [0.5, 0.6) is 11.5 Å². The number of methoxy groups -OCH3 is 1. The molecule has 0 spiro atoms. The minimum Gasteiger partial charge on any atom is -0.493 e. The number of rotatable bonds is 9. The molecule has 0 saturated carbocycles. The number of likely N-dealkylation sites (tertiary alicyclic amines) is 1. The number of allylic oxidation sites excluding steroid dienone is 1. The first-order chi connectivity index (χ1) is 18.8. The van der Waals surface area contributed by atoms with Crippen molar-refractivity contribution in [3.63, 3.8) is 0 Å². The van der Waals surface area contributed by atoms with Crippen molar-refractivity contribution in [3.05, 3.63) is 74.6 Å². The summed E-state index contributed by atoms with van der Waals surface area (Å²) in [5, 5.41) is 0.578. The van der Waals surface area contributed by atoms with Crippen LogP contribution in [-0.4, -0.2) is 53.6 Å². The molecule has 2 aromatic rings. The first-order valence-electron chi connectivity index (χ1n) is 12.7. The average Bonchev–Trinajstić information content (AvgIpc) is 3.09. The average molecular weight is 590 g/mol. The van der Waals surface area contributed by atoms with Gasteiger partial charge in [-0.25, -0.2) is 0 Å². The van der Waals surface area contributed by atoms with Crippen LogP contribution in [0.15, 0.2) is 47.9 Å². The van der Waals surface area contributed by atoms with Crippen molar-refractivity contribution < 1.29 is 23.9 Å². The fourth-order valence-electron chi connectivity index (χ4n) is 4.52. The van der Waals surface area contributed by atoms with Crippen LogP contribution in [0.4, 0.5) is 4.79 Å². The minimum absolute atomic E-state index is 0.194. The number of carbonyl (C=O) groups is 3. The van der Waals surface area contributed by atoms with E-state index in [4.69, 9.17) is 32.7 Å². The molecule has 3 amide bonds. The Kier molecular flexibility index (Phi) is 9.99. The van der Waals surface area contributed by atoms with Gasteiger partial charge in [-0.15, -0.1) is 6.58 Å². The van der Waals surface area contributed by atoms with Gasteiger partial charge in [0.05, 0.1) is 12.0 Å². The third-order valence-electron chi connectivity index (χ3n) is 6.55. The number of nitrogens with zero attached hydrogens (tertiary/aromatic N) is 2. The van der Waals surface area contributed by atoms with E-state index in [1.165, 1.54) is 7.11 Å². The number of benzene rings is 2. The lowest BCUT2D eigenvalue weighted by Gasteiger charge is -2.22. The summed E-state index contributed by atoms with van der Waals surface area (Å²) in [5.41, 5.74) is 2.21. The Morgan fingerprint density at radius 2 is 1.82 bits per heavy atom. The molecule has 39 heavy (non-hydrogen) atoms. The zero-order valence-corrected chi connectivity index (χ0v) is 24.0. The summed E-state index contributed by atoms with van der Waals surface area (Å²) in [5.74, 6) is 0.311. The summed E-state index contributed by atoms with van der Waals surface area (Å²) >= 11 is 13.1. The Hall–Kier alpha value is -2.94. The van der Waals surface area contributed by atoms with E-state index < -0.39 is 11.1 Å². The van der Waals surface area contributed by atoms with Gasteiger partial charge < -0.3 is 14.4 Å². The quantitative estimate of drug-likeness (QED) is 0.238. The SMILES string of the molecule is C=CCc1cc(C=C2SC(=O)N(CC(=O)N3CCCCCC3)C2=O)cc(OC)c1OCc1ccc(Cl)cc1Cl. The molecule has 2 fully saturated rings. The largest absolute Gasteiger partial charge is 0.493 e. The highest BCUT2D eigenvalue weighted by Crippen LogP contribution is 2.38. The Balaban J connectivity index is 1.54. The predicted molar refractivity (Wildman–Crippen MR) is 155 cm³/mol. The van der Waals surface area contributed by atoms with Crippen molar-refractivity contribution in [2.75, 3.05) is 26.7 Å². The molecule has 0 unspecified atom stereocenters. The third-order valence-corrected chi connectivity index (χ3v) is 8.04. The molecule has 7 nitrogen and oxygen atoms in total. The van der Waals surface area contributed by atoms with E-state index in [2.05, 4.69) is 6.58 Å². The number of halogens is 2. The van der Waals surface area contributed by atoms with Gasteiger partial charge >= 0.3 is 0 Å². The molecule has 206 valence electrons. The third kappa shape index (κ3) is 7.18. The molecule has 4 rings (SSSR count). The van der Waals surface area contributed by atoms with Crippen molar-refractivity contribution in [2.24, 2.45) is 0 Å². The minimum atomic E-state index is -0.477. The molecule has 0 bridgehead atoms. The van der Waals surface area contributed by atoms with Gasteiger partial charge in [-0.1, -0.05) is 48.2 Å². The van der Waals surface area contributed by atoms with E-state index in [-0.39, 0.29) is 24.0 Å².